The van der Waals surface area contributed by atoms with E-state index in [2.05, 4.69) is 10.6 Å². The number of alkyl carbamates (subject to hydrolysis) is 1. The molecule has 0 spiro atoms. The highest BCUT2D eigenvalue weighted by molar-refractivity contribution is 5.94. The smallest absolute Gasteiger partial charge is 0.408 e. The molecule has 7 nitrogen and oxygen atoms in total. The maximum absolute atomic E-state index is 11.9. The van der Waals surface area contributed by atoms with Gasteiger partial charge in [-0.05, 0) is 50.8 Å². The fraction of sp³-hybridized carbons (Fsp3) is 0.526. The normalized spacial score (nSPS) is 20.0. The van der Waals surface area contributed by atoms with Gasteiger partial charge in [0.2, 0.25) is 5.91 Å². The Hall–Kier alpha value is -2.57. The van der Waals surface area contributed by atoms with E-state index < -0.39 is 23.7 Å². The summed E-state index contributed by atoms with van der Waals surface area (Å²) in [6.45, 7) is 7.16. The minimum absolute atomic E-state index is 0.0141. The molecule has 0 aromatic heterocycles. The van der Waals surface area contributed by atoms with Crippen LogP contribution in [0.15, 0.2) is 24.3 Å². The minimum atomic E-state index is -1.14. The van der Waals surface area contributed by atoms with E-state index in [-0.39, 0.29) is 18.2 Å². The van der Waals surface area contributed by atoms with Crippen molar-refractivity contribution < 1.29 is 24.2 Å². The number of carboxylic acid groups (broad SMARTS) is 1. The van der Waals surface area contributed by atoms with Gasteiger partial charge in [0.05, 0.1) is 0 Å². The second-order valence-electron chi connectivity index (χ2n) is 7.75. The van der Waals surface area contributed by atoms with Crippen molar-refractivity contribution in [3.63, 3.8) is 0 Å². The predicted octanol–water partition coefficient (Wildman–Crippen LogP) is 2.80. The molecule has 7 heteroatoms. The molecule has 2 amide bonds. The van der Waals surface area contributed by atoms with Crippen molar-refractivity contribution in [2.75, 3.05) is 5.32 Å². The number of nitrogens with one attached hydrogen (secondary N) is 2. The number of hydrogen-bond acceptors (Lipinski definition) is 4. The van der Waals surface area contributed by atoms with Gasteiger partial charge in [0.15, 0.2) is 0 Å². The first kappa shape index (κ1) is 19.8. The number of hydrogen-bond donors (Lipinski definition) is 3. The summed E-state index contributed by atoms with van der Waals surface area (Å²) in [5.41, 5.74) is 0.697. The van der Waals surface area contributed by atoms with Crippen LogP contribution >= 0.6 is 0 Å². The Balaban J connectivity index is 1.92. The molecule has 0 saturated heterocycles. The standard InChI is InChI=1S/C19H26N2O5/c1-11-9-14(11)16(22)20-13-7-5-12(6-8-13)10-15(17(23)24)21-18(25)26-19(2,3)4/h5-8,11,14-15H,9-10H2,1-4H3,(H,20,22)(H,21,25)(H,23,24)/t11?,14?,15-/m0/s1. The molecular formula is C19H26N2O5. The molecule has 0 aliphatic heterocycles. The molecular weight excluding hydrogens is 336 g/mol. The molecule has 1 aliphatic rings. The zero-order chi connectivity index (χ0) is 19.5. The van der Waals surface area contributed by atoms with Gasteiger partial charge in [-0.15, -0.1) is 0 Å². The molecule has 2 unspecified atom stereocenters. The van der Waals surface area contributed by atoms with Gasteiger partial charge < -0.3 is 20.5 Å². The Morgan fingerprint density at radius 1 is 1.23 bits per heavy atom. The highest BCUT2D eigenvalue weighted by Crippen LogP contribution is 2.38. The molecule has 0 radical (unpaired) electrons. The second-order valence-corrected chi connectivity index (χ2v) is 7.75. The van der Waals surface area contributed by atoms with Crippen LogP contribution in [0, 0.1) is 11.8 Å². The van der Waals surface area contributed by atoms with Crippen molar-refractivity contribution >= 4 is 23.7 Å². The van der Waals surface area contributed by atoms with Gasteiger partial charge in [0, 0.05) is 18.0 Å². The van der Waals surface area contributed by atoms with Crippen LogP contribution in [0.4, 0.5) is 10.5 Å². The van der Waals surface area contributed by atoms with Gasteiger partial charge in [0.1, 0.15) is 11.6 Å². The molecule has 1 fully saturated rings. The molecule has 3 N–H and O–H groups in total. The summed E-state index contributed by atoms with van der Waals surface area (Å²) in [7, 11) is 0. The number of aliphatic carboxylic acids is 1. The molecule has 142 valence electrons. The molecule has 2 rings (SSSR count). The van der Waals surface area contributed by atoms with Gasteiger partial charge in [-0.2, -0.15) is 0 Å². The van der Waals surface area contributed by atoms with Crippen LogP contribution in [0.5, 0.6) is 0 Å². The number of carboxylic acids is 1. The van der Waals surface area contributed by atoms with Gasteiger partial charge in [-0.1, -0.05) is 19.1 Å². The van der Waals surface area contributed by atoms with Crippen LogP contribution in [0.2, 0.25) is 0 Å². The summed E-state index contributed by atoms with van der Waals surface area (Å²) >= 11 is 0. The first-order chi connectivity index (χ1) is 12.0. The van der Waals surface area contributed by atoms with Gasteiger partial charge in [-0.3, -0.25) is 4.79 Å². The first-order valence-corrected chi connectivity index (χ1v) is 8.67. The molecule has 26 heavy (non-hydrogen) atoms. The Bertz CT molecular complexity index is 678. The Morgan fingerprint density at radius 3 is 2.27 bits per heavy atom. The van der Waals surface area contributed by atoms with E-state index in [1.807, 2.05) is 6.92 Å². The number of benzene rings is 1. The third-order valence-electron chi connectivity index (χ3n) is 4.10. The second kappa shape index (κ2) is 7.76. The van der Waals surface area contributed by atoms with E-state index in [1.165, 1.54) is 0 Å². The van der Waals surface area contributed by atoms with Crippen LogP contribution in [-0.4, -0.2) is 34.7 Å². The lowest BCUT2D eigenvalue weighted by Gasteiger charge is -2.22. The largest absolute Gasteiger partial charge is 0.480 e. The average Bonchev–Trinajstić information content (AvgIpc) is 3.23. The lowest BCUT2D eigenvalue weighted by molar-refractivity contribution is -0.139. The van der Waals surface area contributed by atoms with E-state index in [1.54, 1.807) is 45.0 Å². The molecule has 0 heterocycles. The number of carbonyl (C=O) groups excluding carboxylic acids is 2. The number of anilines is 1. The average molecular weight is 362 g/mol. The molecule has 3 atom stereocenters. The van der Waals surface area contributed by atoms with E-state index >= 15 is 0 Å². The SMILES string of the molecule is CC1CC1C(=O)Nc1ccc(C[C@H](NC(=O)OC(C)(C)C)C(=O)O)cc1. The van der Waals surface area contributed by atoms with Crippen molar-refractivity contribution in [1.29, 1.82) is 0 Å². The highest BCUT2D eigenvalue weighted by atomic mass is 16.6. The third kappa shape index (κ3) is 6.06. The van der Waals surface area contributed by atoms with Gasteiger partial charge in [-0.25, -0.2) is 9.59 Å². The predicted molar refractivity (Wildman–Crippen MR) is 96.8 cm³/mol. The minimum Gasteiger partial charge on any atom is -0.480 e. The van der Waals surface area contributed by atoms with Crippen molar-refractivity contribution in [1.82, 2.24) is 5.32 Å². The quantitative estimate of drug-likeness (QED) is 0.722. The van der Waals surface area contributed by atoms with E-state index in [9.17, 15) is 19.5 Å². The monoisotopic (exact) mass is 362 g/mol. The Morgan fingerprint density at radius 2 is 1.81 bits per heavy atom. The van der Waals surface area contributed by atoms with Crippen molar-refractivity contribution in [2.24, 2.45) is 11.8 Å². The maximum atomic E-state index is 11.9. The van der Waals surface area contributed by atoms with E-state index in [0.717, 1.165) is 12.0 Å². The van der Waals surface area contributed by atoms with Crippen molar-refractivity contribution in [2.45, 2.75) is 52.2 Å². The molecule has 1 aliphatic carbocycles. The van der Waals surface area contributed by atoms with Crippen molar-refractivity contribution in [3.05, 3.63) is 29.8 Å². The van der Waals surface area contributed by atoms with Crippen LogP contribution in [0.25, 0.3) is 0 Å². The summed E-state index contributed by atoms with van der Waals surface area (Å²) in [4.78, 5) is 35.1. The topological polar surface area (TPSA) is 105 Å². The Kier molecular flexibility index (Phi) is 5.90. The summed E-state index contributed by atoms with van der Waals surface area (Å²) < 4.78 is 5.09. The van der Waals surface area contributed by atoms with Crippen molar-refractivity contribution in [3.8, 4) is 0 Å². The fourth-order valence-electron chi connectivity index (χ4n) is 2.53. The maximum Gasteiger partial charge on any atom is 0.408 e. The zero-order valence-corrected chi connectivity index (χ0v) is 15.5. The van der Waals surface area contributed by atoms with Crippen LogP contribution in [-0.2, 0) is 20.7 Å². The van der Waals surface area contributed by atoms with Gasteiger partial charge in [0.25, 0.3) is 0 Å². The number of amides is 2. The molecule has 0 bridgehead atoms. The molecule has 1 aromatic carbocycles. The van der Waals surface area contributed by atoms with E-state index in [0.29, 0.717) is 11.6 Å². The lowest BCUT2D eigenvalue weighted by atomic mass is 10.1. The summed E-state index contributed by atoms with van der Waals surface area (Å²) in [5.74, 6) is -0.607. The first-order valence-electron chi connectivity index (χ1n) is 8.67. The number of rotatable bonds is 6. The number of carbonyl (C=O) groups is 3. The summed E-state index contributed by atoms with van der Waals surface area (Å²) in [6, 6.07) is 5.83. The third-order valence-corrected chi connectivity index (χ3v) is 4.10. The fourth-order valence-corrected chi connectivity index (χ4v) is 2.53. The van der Waals surface area contributed by atoms with Crippen LogP contribution in [0.1, 0.15) is 39.7 Å². The highest BCUT2D eigenvalue weighted by Gasteiger charge is 2.39. The molecule has 1 saturated carbocycles. The zero-order valence-electron chi connectivity index (χ0n) is 15.5. The summed E-state index contributed by atoms with van der Waals surface area (Å²) in [5, 5.41) is 14.5. The number of ether oxygens (including phenoxy) is 1. The van der Waals surface area contributed by atoms with E-state index in [4.69, 9.17) is 4.74 Å². The lowest BCUT2D eigenvalue weighted by Crippen LogP contribution is -2.44. The summed E-state index contributed by atoms with van der Waals surface area (Å²) in [6.07, 6.45) is 0.260. The van der Waals surface area contributed by atoms with Crippen LogP contribution < -0.4 is 10.6 Å². The van der Waals surface area contributed by atoms with Gasteiger partial charge >= 0.3 is 12.1 Å². The van der Waals surface area contributed by atoms with Crippen LogP contribution in [0.3, 0.4) is 0 Å². The molecule has 1 aromatic rings. The Labute approximate surface area is 153 Å².